The average Bonchev–Trinajstić information content (AvgIpc) is 3.15. The first-order valence-corrected chi connectivity index (χ1v) is 6.45. The van der Waals surface area contributed by atoms with E-state index >= 15 is 0 Å². The van der Waals surface area contributed by atoms with Gasteiger partial charge in [-0.2, -0.15) is 5.10 Å². The number of hydrogen-bond acceptors (Lipinski definition) is 1. The normalized spacial score (nSPS) is 14.1. The van der Waals surface area contributed by atoms with Crippen molar-refractivity contribution in [1.82, 2.24) is 10.2 Å². The molecule has 2 aromatic rings. The van der Waals surface area contributed by atoms with Gasteiger partial charge in [0, 0.05) is 0 Å². The smallest absolute Gasteiger partial charge is 0.0679 e. The monoisotopic (exact) mass is 228 g/mol. The highest BCUT2D eigenvalue weighted by atomic mass is 15.1. The van der Waals surface area contributed by atoms with Gasteiger partial charge in [-0.15, -0.1) is 0 Å². The van der Waals surface area contributed by atoms with E-state index < -0.39 is 0 Å². The summed E-state index contributed by atoms with van der Waals surface area (Å²) in [4.78, 5) is 0. The van der Waals surface area contributed by atoms with Crippen LogP contribution in [0.2, 0.25) is 0 Å². The highest BCUT2D eigenvalue weighted by Gasteiger charge is 2.23. The van der Waals surface area contributed by atoms with Crippen molar-refractivity contribution < 1.29 is 0 Å². The molecule has 0 saturated heterocycles. The van der Waals surface area contributed by atoms with Crippen molar-refractivity contribution in [2.75, 3.05) is 0 Å². The van der Waals surface area contributed by atoms with Crippen LogP contribution < -0.4 is 0 Å². The van der Waals surface area contributed by atoms with Crippen molar-refractivity contribution in [3.05, 3.63) is 41.6 Å². The maximum absolute atomic E-state index is 4.04. The summed E-state index contributed by atoms with van der Waals surface area (Å²) < 4.78 is 0. The molecular formula is C15H20N2. The van der Waals surface area contributed by atoms with Gasteiger partial charge in [0.25, 0.3) is 0 Å². The Hall–Kier alpha value is -1.57. The Morgan fingerprint density at radius 1 is 1.12 bits per heavy atom. The molecule has 1 aliphatic rings. The third-order valence-corrected chi connectivity index (χ3v) is 3.08. The number of benzene rings is 1. The SMILES string of the molecule is CC.Cc1cn[nH]c1-c1ccc(C2CC2)cc1. The summed E-state index contributed by atoms with van der Waals surface area (Å²) in [7, 11) is 0. The molecule has 1 aromatic carbocycles. The van der Waals surface area contributed by atoms with E-state index in [1.165, 1.54) is 29.5 Å². The molecular weight excluding hydrogens is 208 g/mol. The van der Waals surface area contributed by atoms with E-state index in [9.17, 15) is 0 Å². The fraction of sp³-hybridized carbons (Fsp3) is 0.400. The summed E-state index contributed by atoms with van der Waals surface area (Å²) >= 11 is 0. The van der Waals surface area contributed by atoms with E-state index in [1.807, 2.05) is 20.0 Å². The highest BCUT2D eigenvalue weighted by Crippen LogP contribution is 2.40. The Morgan fingerprint density at radius 3 is 2.24 bits per heavy atom. The van der Waals surface area contributed by atoms with Crippen molar-refractivity contribution >= 4 is 0 Å². The van der Waals surface area contributed by atoms with Crippen LogP contribution in [-0.4, -0.2) is 10.2 Å². The minimum atomic E-state index is 0.835. The number of aromatic amines is 1. The molecule has 2 nitrogen and oxygen atoms in total. The van der Waals surface area contributed by atoms with Crippen LogP contribution in [0, 0.1) is 6.92 Å². The maximum Gasteiger partial charge on any atom is 0.0679 e. The van der Waals surface area contributed by atoms with Crippen LogP contribution in [0.15, 0.2) is 30.5 Å². The highest BCUT2D eigenvalue weighted by molar-refractivity contribution is 5.62. The summed E-state index contributed by atoms with van der Waals surface area (Å²) in [6.07, 6.45) is 4.59. The van der Waals surface area contributed by atoms with Gasteiger partial charge in [0.1, 0.15) is 0 Å². The van der Waals surface area contributed by atoms with Crippen LogP contribution in [0.4, 0.5) is 0 Å². The minimum absolute atomic E-state index is 0.835. The molecule has 0 aliphatic heterocycles. The Morgan fingerprint density at radius 2 is 1.76 bits per heavy atom. The maximum atomic E-state index is 4.04. The Kier molecular flexibility index (Phi) is 3.62. The number of aryl methyl sites for hydroxylation is 1. The van der Waals surface area contributed by atoms with Crippen LogP contribution in [-0.2, 0) is 0 Å². The van der Waals surface area contributed by atoms with Gasteiger partial charge in [0.15, 0.2) is 0 Å². The lowest BCUT2D eigenvalue weighted by atomic mass is 10.0. The van der Waals surface area contributed by atoms with Crippen molar-refractivity contribution in [3.63, 3.8) is 0 Å². The molecule has 1 N–H and O–H groups in total. The van der Waals surface area contributed by atoms with Gasteiger partial charge < -0.3 is 0 Å². The standard InChI is InChI=1S/C13H14N2.C2H6/c1-9-8-14-15-13(9)12-6-4-11(5-7-12)10-2-3-10;1-2/h4-8,10H,2-3H2,1H3,(H,14,15);1-2H3. The third kappa shape index (κ3) is 2.57. The van der Waals surface area contributed by atoms with E-state index in [2.05, 4.69) is 41.4 Å². The van der Waals surface area contributed by atoms with Crippen molar-refractivity contribution in [2.45, 2.75) is 39.5 Å². The minimum Gasteiger partial charge on any atom is -0.278 e. The van der Waals surface area contributed by atoms with E-state index in [0.29, 0.717) is 0 Å². The lowest BCUT2D eigenvalue weighted by molar-refractivity contribution is 1.09. The van der Waals surface area contributed by atoms with E-state index in [1.54, 1.807) is 0 Å². The second-order valence-corrected chi connectivity index (χ2v) is 4.32. The number of nitrogens with one attached hydrogen (secondary N) is 1. The van der Waals surface area contributed by atoms with E-state index in [-0.39, 0.29) is 0 Å². The summed E-state index contributed by atoms with van der Waals surface area (Å²) in [6.45, 7) is 6.08. The molecule has 0 spiro atoms. The second kappa shape index (κ2) is 5.17. The number of aromatic nitrogens is 2. The van der Waals surface area contributed by atoms with Gasteiger partial charge in [-0.25, -0.2) is 0 Å². The molecule has 0 bridgehead atoms. The zero-order chi connectivity index (χ0) is 12.3. The van der Waals surface area contributed by atoms with E-state index in [0.717, 1.165) is 11.6 Å². The summed E-state index contributed by atoms with van der Waals surface area (Å²) in [5, 5.41) is 7.08. The molecule has 17 heavy (non-hydrogen) atoms. The molecule has 0 radical (unpaired) electrons. The van der Waals surface area contributed by atoms with Gasteiger partial charge in [0.2, 0.25) is 0 Å². The first kappa shape index (κ1) is 11.9. The van der Waals surface area contributed by atoms with Crippen LogP contribution in [0.3, 0.4) is 0 Å². The number of rotatable bonds is 2. The molecule has 0 atom stereocenters. The second-order valence-electron chi connectivity index (χ2n) is 4.32. The summed E-state index contributed by atoms with van der Waals surface area (Å²) in [5.41, 5.74) is 5.05. The van der Waals surface area contributed by atoms with Crippen molar-refractivity contribution in [1.29, 1.82) is 0 Å². The molecule has 0 unspecified atom stereocenters. The predicted molar refractivity (Wildman–Crippen MR) is 72.1 cm³/mol. The molecule has 2 heteroatoms. The van der Waals surface area contributed by atoms with Gasteiger partial charge >= 0.3 is 0 Å². The lowest BCUT2D eigenvalue weighted by Gasteiger charge is -2.02. The van der Waals surface area contributed by atoms with E-state index in [4.69, 9.17) is 0 Å². The van der Waals surface area contributed by atoms with Crippen LogP contribution in [0.1, 0.15) is 43.7 Å². The topological polar surface area (TPSA) is 28.7 Å². The first-order chi connectivity index (χ1) is 8.34. The van der Waals surface area contributed by atoms with Crippen molar-refractivity contribution in [2.24, 2.45) is 0 Å². The summed E-state index contributed by atoms with van der Waals surface area (Å²) in [6, 6.07) is 8.86. The number of hydrogen-bond donors (Lipinski definition) is 1. The van der Waals surface area contributed by atoms with Gasteiger partial charge in [-0.3, -0.25) is 5.10 Å². The van der Waals surface area contributed by atoms with Gasteiger partial charge in [0.05, 0.1) is 11.9 Å². The van der Waals surface area contributed by atoms with Crippen LogP contribution in [0.25, 0.3) is 11.3 Å². The zero-order valence-corrected chi connectivity index (χ0v) is 10.8. The molecule has 1 heterocycles. The fourth-order valence-corrected chi connectivity index (χ4v) is 1.98. The number of H-pyrrole nitrogens is 1. The van der Waals surface area contributed by atoms with Gasteiger partial charge in [-0.1, -0.05) is 38.1 Å². The molecule has 1 saturated carbocycles. The Balaban J connectivity index is 0.000000514. The summed E-state index contributed by atoms with van der Waals surface area (Å²) in [5.74, 6) is 0.835. The van der Waals surface area contributed by atoms with Crippen LogP contribution in [0.5, 0.6) is 0 Å². The molecule has 1 aromatic heterocycles. The average molecular weight is 228 g/mol. The lowest BCUT2D eigenvalue weighted by Crippen LogP contribution is -1.83. The first-order valence-electron chi connectivity index (χ1n) is 6.45. The van der Waals surface area contributed by atoms with Crippen LogP contribution >= 0.6 is 0 Å². The zero-order valence-electron chi connectivity index (χ0n) is 10.8. The molecule has 3 rings (SSSR count). The quantitative estimate of drug-likeness (QED) is 0.816. The fourth-order valence-electron chi connectivity index (χ4n) is 1.98. The van der Waals surface area contributed by atoms with Crippen molar-refractivity contribution in [3.8, 4) is 11.3 Å². The predicted octanol–water partition coefficient (Wildman–Crippen LogP) is 4.29. The molecule has 90 valence electrons. The largest absolute Gasteiger partial charge is 0.278 e. The third-order valence-electron chi connectivity index (χ3n) is 3.08. The Bertz CT molecular complexity index is 464. The molecule has 0 amide bonds. The van der Waals surface area contributed by atoms with Gasteiger partial charge in [-0.05, 0) is 42.4 Å². The Labute approximate surface area is 103 Å². The molecule has 1 aliphatic carbocycles. The number of nitrogens with zero attached hydrogens (tertiary/aromatic N) is 1. The molecule has 1 fully saturated rings.